The number of rotatable bonds is 1. The lowest BCUT2D eigenvalue weighted by atomic mass is 10.4. The minimum Gasteiger partial charge on any atom is -0.147 e. The third-order valence-corrected chi connectivity index (χ3v) is 2.88. The van der Waals surface area contributed by atoms with Gasteiger partial charge in [0.15, 0.2) is 0 Å². The largest absolute Gasteiger partial charge is 0.147 e. The molecule has 0 aliphatic heterocycles. The van der Waals surface area contributed by atoms with Crippen LogP contribution in [0.25, 0.3) is 0 Å². The van der Waals surface area contributed by atoms with Crippen LogP contribution < -0.4 is 0 Å². The summed E-state index contributed by atoms with van der Waals surface area (Å²) in [7, 11) is 0. The van der Waals surface area contributed by atoms with Gasteiger partial charge in [-0.15, -0.1) is 23.7 Å². The van der Waals surface area contributed by atoms with Gasteiger partial charge in [0.05, 0.1) is 0 Å². The summed E-state index contributed by atoms with van der Waals surface area (Å²) in [6.07, 6.45) is 5.86. The Morgan fingerprint density at radius 2 is 2.56 bits per heavy atom. The van der Waals surface area contributed by atoms with E-state index in [0.29, 0.717) is 0 Å². The van der Waals surface area contributed by atoms with Crippen LogP contribution in [0, 0.1) is 12.3 Å². The Balaban J connectivity index is 2.84. The number of thiophene rings is 1. The molecule has 0 saturated carbocycles. The van der Waals surface area contributed by atoms with E-state index in [1.807, 2.05) is 11.4 Å². The van der Waals surface area contributed by atoms with Gasteiger partial charge >= 0.3 is 0 Å². The van der Waals surface area contributed by atoms with Crippen molar-refractivity contribution in [3.05, 3.63) is 20.8 Å². The van der Waals surface area contributed by atoms with Crippen LogP contribution in [0.5, 0.6) is 0 Å². The lowest BCUT2D eigenvalue weighted by Crippen LogP contribution is -1.71. The molecule has 1 heterocycles. The molecular weight excluding hydrogens is 196 g/mol. The highest BCUT2D eigenvalue weighted by Crippen LogP contribution is 2.22. The quantitative estimate of drug-likeness (QED) is 0.612. The molecule has 1 aromatic rings. The third-order valence-electron chi connectivity index (χ3n) is 0.954. The number of halogens is 1. The molecule has 2 heteroatoms. The highest BCUT2D eigenvalue weighted by Gasteiger charge is 1.96. The minimum absolute atomic E-state index is 0.734. The van der Waals surface area contributed by atoms with Gasteiger partial charge in [-0.2, -0.15) is 0 Å². The van der Waals surface area contributed by atoms with Gasteiger partial charge in [-0.3, -0.25) is 0 Å². The monoisotopic (exact) mass is 200 g/mol. The van der Waals surface area contributed by atoms with Gasteiger partial charge in [0.25, 0.3) is 0 Å². The molecule has 0 fully saturated rings. The van der Waals surface area contributed by atoms with Crippen molar-refractivity contribution < 1.29 is 0 Å². The van der Waals surface area contributed by atoms with Crippen molar-refractivity contribution >= 4 is 27.3 Å². The molecule has 0 N–H and O–H groups in total. The van der Waals surface area contributed by atoms with E-state index in [1.165, 1.54) is 4.88 Å². The van der Waals surface area contributed by atoms with Crippen LogP contribution in [0.15, 0.2) is 15.9 Å². The second kappa shape index (κ2) is 3.05. The zero-order valence-corrected chi connectivity index (χ0v) is 7.13. The Morgan fingerprint density at radius 3 is 3.00 bits per heavy atom. The van der Waals surface area contributed by atoms with Gasteiger partial charge < -0.3 is 0 Å². The van der Waals surface area contributed by atoms with Crippen molar-refractivity contribution in [2.45, 2.75) is 6.42 Å². The maximum atomic E-state index is 5.12. The van der Waals surface area contributed by atoms with Crippen molar-refractivity contribution in [1.29, 1.82) is 0 Å². The fourth-order valence-corrected chi connectivity index (χ4v) is 1.99. The van der Waals surface area contributed by atoms with Crippen LogP contribution in [0.4, 0.5) is 0 Å². The zero-order valence-electron chi connectivity index (χ0n) is 4.73. The summed E-state index contributed by atoms with van der Waals surface area (Å²) < 4.78 is 1.13. The Labute approximate surface area is 67.0 Å². The highest BCUT2D eigenvalue weighted by molar-refractivity contribution is 9.10. The molecule has 0 amide bonds. The van der Waals surface area contributed by atoms with Gasteiger partial charge in [-0.25, -0.2) is 0 Å². The summed E-state index contributed by atoms with van der Waals surface area (Å²) in [5.74, 6) is 2.59. The van der Waals surface area contributed by atoms with Crippen LogP contribution in [0.1, 0.15) is 4.88 Å². The van der Waals surface area contributed by atoms with E-state index in [9.17, 15) is 0 Å². The Hall–Kier alpha value is -0.260. The smallest absolute Gasteiger partial charge is 0.0443 e. The molecule has 46 valence electrons. The molecule has 0 spiro atoms. The second-order valence-electron chi connectivity index (χ2n) is 1.57. The van der Waals surface area contributed by atoms with E-state index < -0.39 is 0 Å². The summed E-state index contributed by atoms with van der Waals surface area (Å²) >= 11 is 5.07. The van der Waals surface area contributed by atoms with E-state index in [0.717, 1.165) is 10.9 Å². The van der Waals surface area contributed by atoms with Gasteiger partial charge in [0.2, 0.25) is 0 Å². The van der Waals surface area contributed by atoms with Gasteiger partial charge in [0.1, 0.15) is 0 Å². The van der Waals surface area contributed by atoms with Crippen molar-refractivity contribution in [3.8, 4) is 12.3 Å². The third kappa shape index (κ3) is 1.57. The number of terminal acetylenes is 1. The number of hydrogen-bond acceptors (Lipinski definition) is 1. The van der Waals surface area contributed by atoms with E-state index in [2.05, 4.69) is 21.9 Å². The molecule has 0 atom stereocenters. The van der Waals surface area contributed by atoms with E-state index in [4.69, 9.17) is 6.42 Å². The minimum atomic E-state index is 0.734. The molecule has 1 aromatic heterocycles. The predicted molar refractivity (Wildman–Crippen MR) is 44.6 cm³/mol. The standard InChI is InChI=1S/C7H5BrS/c1-2-3-7-6(8)4-5-9-7/h1,4-5H,3H2. The molecule has 0 radical (unpaired) electrons. The van der Waals surface area contributed by atoms with Gasteiger partial charge in [-0.1, -0.05) is 0 Å². The molecule has 0 aromatic carbocycles. The first-order valence-electron chi connectivity index (χ1n) is 2.50. The summed E-state index contributed by atoms with van der Waals surface area (Å²) in [5.41, 5.74) is 0. The molecule has 9 heavy (non-hydrogen) atoms. The van der Waals surface area contributed by atoms with Crippen LogP contribution in [0.3, 0.4) is 0 Å². The normalized spacial score (nSPS) is 8.89. The highest BCUT2D eigenvalue weighted by atomic mass is 79.9. The summed E-state index contributed by atoms with van der Waals surface area (Å²) in [6.45, 7) is 0. The Bertz CT molecular complexity index is 231. The molecule has 0 saturated heterocycles. The molecule has 0 aliphatic carbocycles. The molecule has 0 unspecified atom stereocenters. The SMILES string of the molecule is C#CCc1sccc1Br. The van der Waals surface area contributed by atoms with Crippen LogP contribution in [-0.2, 0) is 6.42 Å². The first-order valence-corrected chi connectivity index (χ1v) is 4.17. The van der Waals surface area contributed by atoms with Crippen molar-refractivity contribution in [1.82, 2.24) is 0 Å². The van der Waals surface area contributed by atoms with Crippen LogP contribution in [0.2, 0.25) is 0 Å². The van der Waals surface area contributed by atoms with Crippen LogP contribution in [-0.4, -0.2) is 0 Å². The van der Waals surface area contributed by atoms with E-state index >= 15 is 0 Å². The van der Waals surface area contributed by atoms with Crippen molar-refractivity contribution in [2.24, 2.45) is 0 Å². The second-order valence-corrected chi connectivity index (χ2v) is 3.43. The van der Waals surface area contributed by atoms with Gasteiger partial charge in [0, 0.05) is 15.8 Å². The van der Waals surface area contributed by atoms with Crippen molar-refractivity contribution in [3.63, 3.8) is 0 Å². The average molecular weight is 201 g/mol. The lowest BCUT2D eigenvalue weighted by molar-refractivity contribution is 1.39. The molecule has 1 rings (SSSR count). The predicted octanol–water partition coefficient (Wildman–Crippen LogP) is 2.69. The fourth-order valence-electron chi connectivity index (χ4n) is 0.544. The maximum Gasteiger partial charge on any atom is 0.0443 e. The summed E-state index contributed by atoms with van der Waals surface area (Å²) in [4.78, 5) is 1.23. The topological polar surface area (TPSA) is 0 Å². The van der Waals surface area contributed by atoms with E-state index in [-0.39, 0.29) is 0 Å². The lowest BCUT2D eigenvalue weighted by Gasteiger charge is -1.85. The summed E-state index contributed by atoms with van der Waals surface area (Å²) in [6, 6.07) is 2.01. The fraction of sp³-hybridized carbons (Fsp3) is 0.143. The zero-order chi connectivity index (χ0) is 6.69. The maximum absolute atomic E-state index is 5.12. The summed E-state index contributed by atoms with van der Waals surface area (Å²) in [5, 5.41) is 2.02. The van der Waals surface area contributed by atoms with Crippen LogP contribution >= 0.6 is 27.3 Å². The molecule has 0 bridgehead atoms. The Kier molecular flexibility index (Phi) is 2.32. The Morgan fingerprint density at radius 1 is 1.78 bits per heavy atom. The first kappa shape index (κ1) is 6.85. The molecular formula is C7H5BrS. The average Bonchev–Trinajstić information content (AvgIpc) is 2.18. The van der Waals surface area contributed by atoms with E-state index in [1.54, 1.807) is 11.3 Å². The number of hydrogen-bond donors (Lipinski definition) is 0. The first-order chi connectivity index (χ1) is 4.34. The van der Waals surface area contributed by atoms with Crippen molar-refractivity contribution in [2.75, 3.05) is 0 Å². The van der Waals surface area contributed by atoms with Gasteiger partial charge in [-0.05, 0) is 27.4 Å². The molecule has 0 nitrogen and oxygen atoms in total. The molecule has 0 aliphatic rings.